The summed E-state index contributed by atoms with van der Waals surface area (Å²) in [5, 5.41) is 12.5. The van der Waals surface area contributed by atoms with Gasteiger partial charge in [0.2, 0.25) is 5.91 Å². The largest absolute Gasteiger partial charge is 0.480 e. The average Bonchev–Trinajstić information content (AvgIpc) is 3.80. The van der Waals surface area contributed by atoms with Crippen LogP contribution in [0.2, 0.25) is 0 Å². The Bertz CT molecular complexity index is 1450. The van der Waals surface area contributed by atoms with E-state index in [1.807, 2.05) is 54.6 Å². The number of pyridine rings is 1. The van der Waals surface area contributed by atoms with Crippen LogP contribution in [0.5, 0.6) is 0 Å². The van der Waals surface area contributed by atoms with Gasteiger partial charge < -0.3 is 15.3 Å². The first kappa shape index (κ1) is 28.7. The fourth-order valence-electron chi connectivity index (χ4n) is 5.79. The number of hydrogen-bond acceptors (Lipinski definition) is 5. The highest BCUT2D eigenvalue weighted by atomic mass is 16.4. The Morgan fingerprint density at radius 1 is 0.857 bits per heavy atom. The van der Waals surface area contributed by atoms with Gasteiger partial charge >= 0.3 is 5.97 Å². The van der Waals surface area contributed by atoms with Gasteiger partial charge in [-0.25, -0.2) is 9.78 Å². The molecule has 1 aromatic heterocycles. The Kier molecular flexibility index (Phi) is 8.17. The first-order valence-electron chi connectivity index (χ1n) is 13.9. The predicted molar refractivity (Wildman–Crippen MR) is 161 cm³/mol. The molecule has 4 aromatic rings. The molecule has 0 aliphatic carbocycles. The van der Waals surface area contributed by atoms with Gasteiger partial charge in [0, 0.05) is 13.6 Å². The van der Waals surface area contributed by atoms with Gasteiger partial charge in [0.15, 0.2) is 0 Å². The second kappa shape index (κ2) is 12.0. The van der Waals surface area contributed by atoms with Crippen molar-refractivity contribution in [3.63, 3.8) is 0 Å². The first-order chi connectivity index (χ1) is 20.2. The Hall–Kier alpha value is -4.82. The Balaban J connectivity index is 1.39. The third-order valence-corrected chi connectivity index (χ3v) is 7.79. The molecule has 0 saturated carbocycles. The van der Waals surface area contributed by atoms with Crippen molar-refractivity contribution in [3.05, 3.63) is 132 Å². The summed E-state index contributed by atoms with van der Waals surface area (Å²) in [6.45, 7) is 4.04. The quantitative estimate of drug-likeness (QED) is 0.211. The van der Waals surface area contributed by atoms with E-state index in [0.29, 0.717) is 12.2 Å². The van der Waals surface area contributed by atoms with Crippen molar-refractivity contribution in [3.8, 4) is 0 Å². The van der Waals surface area contributed by atoms with Gasteiger partial charge in [0.1, 0.15) is 17.8 Å². The summed E-state index contributed by atoms with van der Waals surface area (Å²) in [7, 11) is 1.46. The number of likely N-dealkylation sites (N-methyl/N-ethyl adjacent to an activating group) is 1. The number of amides is 2. The molecule has 0 bridgehead atoms. The second-order valence-corrected chi connectivity index (χ2v) is 10.8. The van der Waals surface area contributed by atoms with Crippen LogP contribution in [0.4, 0.5) is 5.69 Å². The van der Waals surface area contributed by atoms with Crippen LogP contribution in [0.25, 0.3) is 0 Å². The highest BCUT2D eigenvalue weighted by molar-refractivity contribution is 5.98. The van der Waals surface area contributed by atoms with E-state index in [1.165, 1.54) is 24.2 Å². The molecule has 1 unspecified atom stereocenters. The van der Waals surface area contributed by atoms with E-state index in [2.05, 4.69) is 51.6 Å². The molecule has 2 heterocycles. The number of nitrogens with zero attached hydrogens (tertiary/aromatic N) is 3. The van der Waals surface area contributed by atoms with Crippen LogP contribution in [-0.2, 0) is 15.1 Å². The fourth-order valence-corrected chi connectivity index (χ4v) is 5.79. The molecule has 1 saturated heterocycles. The van der Waals surface area contributed by atoms with Crippen LogP contribution in [0, 0.1) is 5.92 Å². The number of anilines is 1. The average molecular weight is 563 g/mol. The zero-order valence-corrected chi connectivity index (χ0v) is 23.8. The van der Waals surface area contributed by atoms with Crippen LogP contribution in [0.15, 0.2) is 109 Å². The Morgan fingerprint density at radius 2 is 1.36 bits per heavy atom. The number of hydrogen-bond donors (Lipinski definition) is 2. The van der Waals surface area contributed by atoms with E-state index in [1.54, 1.807) is 19.9 Å². The third kappa shape index (κ3) is 5.41. The number of carboxylic acids is 1. The molecule has 0 spiro atoms. The number of carboxylic acid groups (broad SMARTS) is 1. The minimum absolute atomic E-state index is 0.103. The summed E-state index contributed by atoms with van der Waals surface area (Å²) in [6.07, 6.45) is 1.43. The van der Waals surface area contributed by atoms with Crippen molar-refractivity contribution < 1.29 is 19.5 Å². The van der Waals surface area contributed by atoms with Gasteiger partial charge in [-0.3, -0.25) is 14.5 Å². The molecule has 5 rings (SSSR count). The zero-order chi connectivity index (χ0) is 29.9. The number of carbonyl (C=O) groups is 3. The maximum Gasteiger partial charge on any atom is 0.326 e. The minimum Gasteiger partial charge on any atom is -0.480 e. The molecule has 8 heteroatoms. The van der Waals surface area contributed by atoms with Crippen molar-refractivity contribution in [2.75, 3.05) is 18.9 Å². The first-order valence-corrected chi connectivity index (χ1v) is 13.9. The van der Waals surface area contributed by atoms with Crippen LogP contribution in [0.3, 0.4) is 0 Å². The SMILES string of the molecule is CC(C)[C@@H](C(=O)O)N(C)C(=O)c1ccc(NC(=O)C2C[N@@]2C(c2ccccc2)(c2ccccc2)c2ccccc2)cn1. The third-order valence-electron chi connectivity index (χ3n) is 7.79. The van der Waals surface area contributed by atoms with Crippen LogP contribution >= 0.6 is 0 Å². The van der Waals surface area contributed by atoms with Crippen molar-refractivity contribution >= 4 is 23.5 Å². The number of benzene rings is 3. The summed E-state index contributed by atoms with van der Waals surface area (Å²) in [5.41, 5.74) is 3.07. The molecule has 3 atom stereocenters. The van der Waals surface area contributed by atoms with Gasteiger partial charge in [-0.15, -0.1) is 0 Å². The number of nitrogens with one attached hydrogen (secondary N) is 1. The second-order valence-electron chi connectivity index (χ2n) is 10.8. The molecule has 1 aliphatic rings. The van der Waals surface area contributed by atoms with Crippen LogP contribution < -0.4 is 5.32 Å². The van der Waals surface area contributed by atoms with Crippen LogP contribution in [0.1, 0.15) is 41.0 Å². The molecule has 1 aliphatic heterocycles. The molecular weight excluding hydrogens is 528 g/mol. The van der Waals surface area contributed by atoms with E-state index in [4.69, 9.17) is 0 Å². The van der Waals surface area contributed by atoms with Crippen LogP contribution in [-0.4, -0.2) is 63.4 Å². The smallest absolute Gasteiger partial charge is 0.326 e. The molecule has 214 valence electrons. The van der Waals surface area contributed by atoms with Crippen molar-refractivity contribution in [1.82, 2.24) is 14.8 Å². The standard InChI is InChI=1S/C34H34N4O4/c1-23(2)30(33(41)42)37(3)32(40)28-20-19-27(21-35-28)36-31(39)29-22-38(29)34(24-13-7-4-8-14-24,25-15-9-5-10-16-25)26-17-11-6-12-18-26/h4-21,23,29-30H,22H2,1-3H3,(H,36,39)(H,41,42)/t29?,30-,38+/m0/s1. The molecule has 3 aromatic carbocycles. The highest BCUT2D eigenvalue weighted by Crippen LogP contribution is 2.48. The molecule has 2 amide bonds. The predicted octanol–water partition coefficient (Wildman–Crippen LogP) is 4.88. The lowest BCUT2D eigenvalue weighted by molar-refractivity contribution is -0.143. The zero-order valence-electron chi connectivity index (χ0n) is 23.8. The van der Waals surface area contributed by atoms with E-state index in [-0.39, 0.29) is 17.5 Å². The van der Waals surface area contributed by atoms with E-state index in [0.717, 1.165) is 16.7 Å². The number of rotatable bonds is 10. The van der Waals surface area contributed by atoms with Crippen molar-refractivity contribution in [2.45, 2.75) is 31.5 Å². The normalized spacial score (nSPS) is 16.9. The monoisotopic (exact) mass is 562 g/mol. The summed E-state index contributed by atoms with van der Waals surface area (Å²) in [5.74, 6) is -2.02. The topological polar surface area (TPSA) is 103 Å². The molecular formula is C34H34N4O4. The van der Waals surface area contributed by atoms with Crippen molar-refractivity contribution in [2.24, 2.45) is 5.92 Å². The number of carbonyl (C=O) groups excluding carboxylic acids is 2. The van der Waals surface area contributed by atoms with E-state index in [9.17, 15) is 19.5 Å². The summed E-state index contributed by atoms with van der Waals surface area (Å²) in [6, 6.07) is 32.4. The molecule has 42 heavy (non-hydrogen) atoms. The van der Waals surface area contributed by atoms with E-state index < -0.39 is 29.5 Å². The van der Waals surface area contributed by atoms with Crippen molar-refractivity contribution in [1.29, 1.82) is 0 Å². The molecule has 1 fully saturated rings. The summed E-state index contributed by atoms with van der Waals surface area (Å²) < 4.78 is 0. The number of aromatic nitrogens is 1. The van der Waals surface area contributed by atoms with Gasteiger partial charge in [-0.1, -0.05) is 105 Å². The maximum atomic E-state index is 13.6. The molecule has 2 N–H and O–H groups in total. The Morgan fingerprint density at radius 3 is 1.76 bits per heavy atom. The Labute approximate surface area is 245 Å². The lowest BCUT2D eigenvalue weighted by Crippen LogP contribution is -2.45. The summed E-state index contributed by atoms with van der Waals surface area (Å²) >= 11 is 0. The maximum absolute atomic E-state index is 13.6. The number of aliphatic carboxylic acids is 1. The summed E-state index contributed by atoms with van der Waals surface area (Å²) in [4.78, 5) is 45.8. The van der Waals surface area contributed by atoms with E-state index >= 15 is 0 Å². The lowest BCUT2D eigenvalue weighted by atomic mass is 9.76. The van der Waals surface area contributed by atoms with Gasteiger partial charge in [-0.05, 0) is 34.7 Å². The molecule has 8 nitrogen and oxygen atoms in total. The fraction of sp³-hybridized carbons (Fsp3) is 0.235. The lowest BCUT2D eigenvalue weighted by Gasteiger charge is -2.38. The van der Waals surface area contributed by atoms with Gasteiger partial charge in [0.05, 0.1) is 17.4 Å². The highest BCUT2D eigenvalue weighted by Gasteiger charge is 2.55. The minimum atomic E-state index is -1.07. The molecule has 0 radical (unpaired) electrons. The van der Waals surface area contributed by atoms with Gasteiger partial charge in [0.25, 0.3) is 5.91 Å². The van der Waals surface area contributed by atoms with Gasteiger partial charge in [-0.2, -0.15) is 0 Å².